The molecule has 4 rings (SSSR count). The minimum absolute atomic E-state index is 0.0350. The Bertz CT molecular complexity index is 1380. The van der Waals surface area contributed by atoms with Crippen molar-refractivity contribution in [2.24, 2.45) is 5.92 Å². The summed E-state index contributed by atoms with van der Waals surface area (Å²) in [5.41, 5.74) is 2.24. The molecule has 1 aliphatic heterocycles. The number of amides is 1. The van der Waals surface area contributed by atoms with Crippen molar-refractivity contribution in [2.45, 2.75) is 30.9 Å². The van der Waals surface area contributed by atoms with Crippen LogP contribution in [0, 0.1) is 5.92 Å². The van der Waals surface area contributed by atoms with Gasteiger partial charge in [-0.25, -0.2) is 8.42 Å². The second kappa shape index (κ2) is 11.9. The van der Waals surface area contributed by atoms with E-state index < -0.39 is 22.2 Å². The van der Waals surface area contributed by atoms with Crippen molar-refractivity contribution < 1.29 is 23.1 Å². The van der Waals surface area contributed by atoms with E-state index in [2.05, 4.69) is 4.98 Å². The van der Waals surface area contributed by atoms with Gasteiger partial charge >= 0.3 is 0 Å². The average molecular weight is 536 g/mol. The Morgan fingerprint density at radius 3 is 2.58 bits per heavy atom. The van der Waals surface area contributed by atoms with Crippen LogP contribution in [0.3, 0.4) is 0 Å². The largest absolute Gasteiger partial charge is 0.487 e. The van der Waals surface area contributed by atoms with Crippen LogP contribution in [-0.2, 0) is 10.0 Å². The SMILES string of the molecule is C[C@H]1CN([C@@H](C)CO)S(=O)(=O)c2ccc(/C=C/c3ccccc3)cc2O[C@@H]1CN(C)C(=O)c1cccnc1. The number of sulfonamides is 1. The number of pyridine rings is 1. The number of aliphatic hydroxyl groups excluding tert-OH is 1. The highest BCUT2D eigenvalue weighted by Gasteiger charge is 2.38. The summed E-state index contributed by atoms with van der Waals surface area (Å²) in [6.45, 7) is 3.63. The molecule has 0 bridgehead atoms. The fourth-order valence-electron chi connectivity index (χ4n) is 4.38. The fourth-order valence-corrected chi connectivity index (χ4v) is 6.21. The molecule has 1 amide bonds. The molecule has 1 N–H and O–H groups in total. The minimum atomic E-state index is -3.95. The van der Waals surface area contributed by atoms with Gasteiger partial charge in [-0.05, 0) is 42.3 Å². The molecule has 38 heavy (non-hydrogen) atoms. The molecule has 9 heteroatoms. The van der Waals surface area contributed by atoms with Crippen LogP contribution in [0.15, 0.2) is 78.0 Å². The molecule has 3 aromatic rings. The van der Waals surface area contributed by atoms with Gasteiger partial charge in [-0.2, -0.15) is 4.31 Å². The number of aliphatic hydroxyl groups is 1. The number of nitrogens with zero attached hydrogens (tertiary/aromatic N) is 3. The first-order valence-corrected chi connectivity index (χ1v) is 14.0. The normalized spacial score (nSPS) is 20.1. The highest BCUT2D eigenvalue weighted by Crippen LogP contribution is 2.34. The molecule has 1 aromatic heterocycles. The van der Waals surface area contributed by atoms with Crippen LogP contribution in [-0.4, -0.2) is 72.5 Å². The molecule has 0 saturated carbocycles. The van der Waals surface area contributed by atoms with Gasteiger partial charge in [0, 0.05) is 37.9 Å². The number of carbonyl (C=O) groups excluding carboxylic acids is 1. The quantitative estimate of drug-likeness (QED) is 0.462. The number of hydrogen-bond acceptors (Lipinski definition) is 6. The van der Waals surface area contributed by atoms with Crippen LogP contribution < -0.4 is 4.74 Å². The standard InChI is InChI=1S/C29H33N3O5S/c1-21-18-32(22(2)20-33)38(35,36)28-14-13-24(12-11-23-8-5-4-6-9-23)16-26(28)37-27(21)19-31(3)29(34)25-10-7-15-30-17-25/h4-17,21-22,27,33H,18-20H2,1-3H3/b12-11+/t21-,22-,27+/m0/s1. The van der Waals surface area contributed by atoms with Gasteiger partial charge < -0.3 is 14.7 Å². The first-order valence-electron chi connectivity index (χ1n) is 12.5. The number of hydrogen-bond donors (Lipinski definition) is 1. The molecule has 0 spiro atoms. The predicted octanol–water partition coefficient (Wildman–Crippen LogP) is 3.79. The van der Waals surface area contributed by atoms with Gasteiger partial charge in [-0.15, -0.1) is 0 Å². The molecule has 2 heterocycles. The summed E-state index contributed by atoms with van der Waals surface area (Å²) in [4.78, 5) is 18.6. The molecule has 0 radical (unpaired) electrons. The Balaban J connectivity index is 1.70. The summed E-state index contributed by atoms with van der Waals surface area (Å²) in [6, 6.07) is 17.6. The maximum absolute atomic E-state index is 13.7. The zero-order chi connectivity index (χ0) is 27.3. The topological polar surface area (TPSA) is 100 Å². The van der Waals surface area contributed by atoms with Crippen molar-refractivity contribution in [2.75, 3.05) is 26.7 Å². The summed E-state index contributed by atoms with van der Waals surface area (Å²) in [7, 11) is -2.26. The lowest BCUT2D eigenvalue weighted by Crippen LogP contribution is -2.50. The molecule has 0 unspecified atom stereocenters. The lowest BCUT2D eigenvalue weighted by molar-refractivity contribution is 0.0563. The first-order chi connectivity index (χ1) is 18.2. The summed E-state index contributed by atoms with van der Waals surface area (Å²) in [5, 5.41) is 9.84. The van der Waals surface area contributed by atoms with Gasteiger partial charge in [-0.3, -0.25) is 9.78 Å². The number of rotatable bonds is 7. The molecule has 3 atom stereocenters. The molecular formula is C29H33N3O5S. The molecule has 0 aliphatic carbocycles. The zero-order valence-corrected chi connectivity index (χ0v) is 22.6. The smallest absolute Gasteiger partial charge is 0.255 e. The van der Waals surface area contributed by atoms with E-state index in [-0.39, 0.29) is 42.2 Å². The van der Waals surface area contributed by atoms with E-state index >= 15 is 0 Å². The van der Waals surface area contributed by atoms with Gasteiger partial charge in [0.2, 0.25) is 10.0 Å². The Hall–Kier alpha value is -3.53. The van der Waals surface area contributed by atoms with E-state index in [1.54, 1.807) is 55.4 Å². The van der Waals surface area contributed by atoms with Gasteiger partial charge in [0.25, 0.3) is 5.91 Å². The minimum Gasteiger partial charge on any atom is -0.487 e. The van der Waals surface area contributed by atoms with Crippen LogP contribution in [0.2, 0.25) is 0 Å². The molecule has 200 valence electrons. The Morgan fingerprint density at radius 2 is 1.89 bits per heavy atom. The molecular weight excluding hydrogens is 502 g/mol. The van der Waals surface area contributed by atoms with Crippen molar-refractivity contribution in [1.82, 2.24) is 14.2 Å². The lowest BCUT2D eigenvalue weighted by Gasteiger charge is -2.37. The molecule has 2 aromatic carbocycles. The summed E-state index contributed by atoms with van der Waals surface area (Å²) in [6.07, 6.45) is 6.46. The predicted molar refractivity (Wildman–Crippen MR) is 147 cm³/mol. The van der Waals surface area contributed by atoms with Gasteiger partial charge in [-0.1, -0.05) is 55.5 Å². The van der Waals surface area contributed by atoms with Crippen LogP contribution in [0.25, 0.3) is 12.2 Å². The Morgan fingerprint density at radius 1 is 1.16 bits per heavy atom. The first kappa shape index (κ1) is 27.5. The molecule has 8 nitrogen and oxygen atoms in total. The van der Waals surface area contributed by atoms with E-state index in [9.17, 15) is 18.3 Å². The van der Waals surface area contributed by atoms with Crippen molar-refractivity contribution in [3.63, 3.8) is 0 Å². The Labute approximate surface area is 224 Å². The van der Waals surface area contributed by atoms with Crippen molar-refractivity contribution in [3.8, 4) is 5.75 Å². The van der Waals surface area contributed by atoms with Crippen LogP contribution >= 0.6 is 0 Å². The number of likely N-dealkylation sites (N-methyl/N-ethyl adjacent to an activating group) is 1. The van der Waals surface area contributed by atoms with Crippen LogP contribution in [0.1, 0.15) is 35.3 Å². The van der Waals surface area contributed by atoms with Crippen molar-refractivity contribution >= 4 is 28.1 Å². The summed E-state index contributed by atoms with van der Waals surface area (Å²) < 4.78 is 35.1. The third-order valence-corrected chi connectivity index (χ3v) is 8.69. The van der Waals surface area contributed by atoms with Crippen molar-refractivity contribution in [1.29, 1.82) is 0 Å². The number of carbonyl (C=O) groups is 1. The second-order valence-corrected chi connectivity index (χ2v) is 11.5. The third-order valence-electron chi connectivity index (χ3n) is 6.67. The van der Waals surface area contributed by atoms with E-state index in [0.717, 1.165) is 11.1 Å². The second-order valence-electron chi connectivity index (χ2n) is 9.62. The van der Waals surface area contributed by atoms with E-state index in [1.165, 1.54) is 10.5 Å². The number of benzene rings is 2. The monoisotopic (exact) mass is 535 g/mol. The van der Waals surface area contributed by atoms with E-state index in [1.807, 2.05) is 49.4 Å². The number of ether oxygens (including phenoxy) is 1. The Kier molecular flexibility index (Phi) is 8.61. The highest BCUT2D eigenvalue weighted by atomic mass is 32.2. The third kappa shape index (κ3) is 6.12. The van der Waals surface area contributed by atoms with Gasteiger partial charge in [0.15, 0.2) is 0 Å². The molecule has 0 saturated heterocycles. The molecule has 0 fully saturated rings. The number of fused-ring (bicyclic) bond motifs is 1. The lowest BCUT2D eigenvalue weighted by atomic mass is 10.0. The molecule has 1 aliphatic rings. The van der Waals surface area contributed by atoms with Crippen LogP contribution in [0.5, 0.6) is 5.75 Å². The van der Waals surface area contributed by atoms with Gasteiger partial charge in [0.1, 0.15) is 16.7 Å². The average Bonchev–Trinajstić information content (AvgIpc) is 2.93. The summed E-state index contributed by atoms with van der Waals surface area (Å²) in [5.74, 6) is -0.266. The van der Waals surface area contributed by atoms with E-state index in [0.29, 0.717) is 5.56 Å². The highest BCUT2D eigenvalue weighted by molar-refractivity contribution is 7.89. The van der Waals surface area contributed by atoms with Crippen LogP contribution in [0.4, 0.5) is 0 Å². The maximum atomic E-state index is 13.7. The zero-order valence-electron chi connectivity index (χ0n) is 21.8. The summed E-state index contributed by atoms with van der Waals surface area (Å²) >= 11 is 0. The maximum Gasteiger partial charge on any atom is 0.255 e. The van der Waals surface area contributed by atoms with Gasteiger partial charge in [0.05, 0.1) is 18.7 Å². The fraction of sp³-hybridized carbons (Fsp3) is 0.310. The van der Waals surface area contributed by atoms with E-state index in [4.69, 9.17) is 4.74 Å². The number of aromatic nitrogens is 1. The van der Waals surface area contributed by atoms with Crippen molar-refractivity contribution in [3.05, 3.63) is 89.7 Å².